The zero-order chi connectivity index (χ0) is 21.6. The first kappa shape index (κ1) is 20.6. The van der Waals surface area contributed by atoms with E-state index in [0.29, 0.717) is 11.4 Å². The van der Waals surface area contributed by atoms with Crippen molar-refractivity contribution in [2.75, 3.05) is 18.6 Å². The van der Waals surface area contributed by atoms with Gasteiger partial charge >= 0.3 is 5.97 Å². The van der Waals surface area contributed by atoms with Gasteiger partial charge in [0.05, 0.1) is 37.3 Å². The number of ether oxygens (including phenoxy) is 2. The third-order valence-corrected chi connectivity index (χ3v) is 7.08. The summed E-state index contributed by atoms with van der Waals surface area (Å²) in [5.74, 6) is -2.26. The first-order valence-electron chi connectivity index (χ1n) is 9.84. The number of carbonyl (C=O) groups is 3. The molecule has 0 bridgehead atoms. The molecule has 0 radical (unpaired) electrons. The molecule has 158 valence electrons. The van der Waals surface area contributed by atoms with Crippen LogP contribution in [-0.4, -0.2) is 37.0 Å². The Balaban J connectivity index is 1.82. The van der Waals surface area contributed by atoms with Gasteiger partial charge in [-0.25, -0.2) is 4.90 Å². The second-order valence-corrected chi connectivity index (χ2v) is 8.68. The molecule has 2 aliphatic rings. The minimum atomic E-state index is -1.30. The number of methoxy groups -OCH3 is 1. The monoisotopic (exact) mass is 428 g/mol. The van der Waals surface area contributed by atoms with Crippen LogP contribution in [0, 0.1) is 18.8 Å². The molecular weight excluding hydrogens is 404 g/mol. The van der Waals surface area contributed by atoms with Crippen LogP contribution >= 0.6 is 11.3 Å². The molecule has 3 heterocycles. The maximum atomic E-state index is 13.6. The Morgan fingerprint density at radius 3 is 2.67 bits per heavy atom. The van der Waals surface area contributed by atoms with E-state index in [2.05, 4.69) is 5.32 Å². The Kier molecular flexibility index (Phi) is 5.15. The van der Waals surface area contributed by atoms with E-state index in [1.807, 2.05) is 18.4 Å². The lowest BCUT2D eigenvalue weighted by Gasteiger charge is -2.29. The van der Waals surface area contributed by atoms with Gasteiger partial charge in [0.15, 0.2) is 0 Å². The second kappa shape index (κ2) is 7.52. The molecule has 8 heteroatoms. The predicted octanol–water partition coefficient (Wildman–Crippen LogP) is 2.84. The number of nitrogens with zero attached hydrogens (tertiary/aromatic N) is 1. The summed E-state index contributed by atoms with van der Waals surface area (Å²) < 4.78 is 10.5. The maximum absolute atomic E-state index is 13.6. The van der Waals surface area contributed by atoms with Crippen molar-refractivity contribution >= 4 is 34.8 Å². The fourth-order valence-corrected chi connectivity index (χ4v) is 5.56. The van der Waals surface area contributed by atoms with Gasteiger partial charge in [-0.05, 0) is 49.9 Å². The summed E-state index contributed by atoms with van der Waals surface area (Å²) in [6, 6.07) is 8.34. The van der Waals surface area contributed by atoms with E-state index in [9.17, 15) is 14.4 Å². The molecule has 2 aromatic rings. The van der Waals surface area contributed by atoms with Crippen molar-refractivity contribution in [3.05, 3.63) is 46.2 Å². The molecule has 4 rings (SSSR count). The number of esters is 1. The smallest absolute Gasteiger partial charge is 0.326 e. The molecule has 2 saturated heterocycles. The number of amides is 2. The lowest BCUT2D eigenvalue weighted by Crippen LogP contribution is -2.54. The lowest BCUT2D eigenvalue weighted by atomic mass is 9.81. The average Bonchev–Trinajstić information content (AvgIpc) is 3.36. The number of hydrogen-bond acceptors (Lipinski definition) is 7. The Hall–Kier alpha value is -2.71. The van der Waals surface area contributed by atoms with Crippen LogP contribution in [0.1, 0.15) is 30.3 Å². The standard InChI is InChI=1S/C22H24N2O5S/c1-5-29-21(27)22(3)16-15(17(23-22)18-12(2)9-10-30-18)19(25)24(20(16)26)13-7-6-8-14(11-13)28-4/h6-11,15-17,23H,5H2,1-4H3/t15-,16+,17-,22+/m0/s1. The summed E-state index contributed by atoms with van der Waals surface area (Å²) in [6.07, 6.45) is 0. The summed E-state index contributed by atoms with van der Waals surface area (Å²) in [5.41, 5.74) is 0.151. The molecule has 0 aliphatic carbocycles. The van der Waals surface area contributed by atoms with Gasteiger partial charge in [0, 0.05) is 10.9 Å². The highest BCUT2D eigenvalue weighted by Crippen LogP contribution is 2.51. The van der Waals surface area contributed by atoms with Crippen molar-refractivity contribution in [1.82, 2.24) is 5.32 Å². The molecule has 1 N–H and O–H groups in total. The summed E-state index contributed by atoms with van der Waals surface area (Å²) in [6.45, 7) is 5.53. The van der Waals surface area contributed by atoms with Crippen LogP contribution in [0.25, 0.3) is 0 Å². The molecule has 2 aliphatic heterocycles. The first-order chi connectivity index (χ1) is 14.3. The zero-order valence-electron chi connectivity index (χ0n) is 17.3. The second-order valence-electron chi connectivity index (χ2n) is 7.73. The summed E-state index contributed by atoms with van der Waals surface area (Å²) in [5, 5.41) is 5.24. The molecule has 1 aromatic carbocycles. The van der Waals surface area contributed by atoms with Crippen LogP contribution in [0.4, 0.5) is 5.69 Å². The summed E-state index contributed by atoms with van der Waals surface area (Å²) in [4.78, 5) is 42.2. The number of aryl methyl sites for hydroxylation is 1. The van der Waals surface area contributed by atoms with Gasteiger partial charge in [-0.3, -0.25) is 19.7 Å². The zero-order valence-corrected chi connectivity index (χ0v) is 18.1. The van der Waals surface area contributed by atoms with Crippen molar-refractivity contribution in [1.29, 1.82) is 0 Å². The van der Waals surface area contributed by atoms with Gasteiger partial charge in [0.25, 0.3) is 0 Å². The summed E-state index contributed by atoms with van der Waals surface area (Å²) >= 11 is 1.51. The Morgan fingerprint density at radius 2 is 2.03 bits per heavy atom. The van der Waals surface area contributed by atoms with E-state index < -0.39 is 35.3 Å². The number of carbonyl (C=O) groups excluding carboxylic acids is 3. The van der Waals surface area contributed by atoms with Gasteiger partial charge < -0.3 is 9.47 Å². The van der Waals surface area contributed by atoms with E-state index in [-0.39, 0.29) is 12.5 Å². The van der Waals surface area contributed by atoms with Crippen LogP contribution < -0.4 is 15.0 Å². The SMILES string of the molecule is CCOC(=O)[C@]1(C)N[C@H](c2sccc2C)[C@H]2C(=O)N(c3cccc(OC)c3)C(=O)[C@@H]21. The van der Waals surface area contributed by atoms with Crippen LogP contribution in [-0.2, 0) is 19.1 Å². The molecule has 7 nitrogen and oxygen atoms in total. The number of anilines is 1. The van der Waals surface area contributed by atoms with E-state index >= 15 is 0 Å². The highest BCUT2D eigenvalue weighted by molar-refractivity contribution is 7.10. The summed E-state index contributed by atoms with van der Waals surface area (Å²) in [7, 11) is 1.53. The fourth-order valence-electron chi connectivity index (χ4n) is 4.54. The van der Waals surface area contributed by atoms with E-state index in [1.165, 1.54) is 23.3 Å². The van der Waals surface area contributed by atoms with E-state index in [0.717, 1.165) is 10.4 Å². The van der Waals surface area contributed by atoms with Crippen molar-refractivity contribution in [2.24, 2.45) is 11.8 Å². The normalized spacial score (nSPS) is 28.0. The third kappa shape index (κ3) is 2.94. The van der Waals surface area contributed by atoms with E-state index in [1.54, 1.807) is 38.1 Å². The molecule has 4 atom stereocenters. The maximum Gasteiger partial charge on any atom is 0.326 e. The minimum Gasteiger partial charge on any atom is -0.497 e. The van der Waals surface area contributed by atoms with Gasteiger partial charge in [-0.2, -0.15) is 0 Å². The average molecular weight is 429 g/mol. The van der Waals surface area contributed by atoms with Crippen LogP contribution in [0.15, 0.2) is 35.7 Å². The fraction of sp³-hybridized carbons (Fsp3) is 0.409. The third-order valence-electron chi connectivity index (χ3n) is 5.98. The number of nitrogens with one attached hydrogen (secondary N) is 1. The molecular formula is C22H24N2O5S. The van der Waals surface area contributed by atoms with Gasteiger partial charge in [0.2, 0.25) is 11.8 Å². The molecule has 1 aromatic heterocycles. The molecule has 2 amide bonds. The number of benzene rings is 1. The molecule has 2 fully saturated rings. The Bertz CT molecular complexity index is 1020. The van der Waals surface area contributed by atoms with Crippen molar-refractivity contribution in [2.45, 2.75) is 32.4 Å². The quantitative estimate of drug-likeness (QED) is 0.582. The number of thiophene rings is 1. The van der Waals surface area contributed by atoms with Crippen LogP contribution in [0.2, 0.25) is 0 Å². The molecule has 0 spiro atoms. The Morgan fingerprint density at radius 1 is 1.27 bits per heavy atom. The highest BCUT2D eigenvalue weighted by atomic mass is 32.1. The minimum absolute atomic E-state index is 0.192. The largest absolute Gasteiger partial charge is 0.497 e. The van der Waals surface area contributed by atoms with Crippen molar-refractivity contribution < 1.29 is 23.9 Å². The number of fused-ring (bicyclic) bond motifs is 1. The highest BCUT2D eigenvalue weighted by Gasteiger charge is 2.67. The number of imide groups is 1. The van der Waals surface area contributed by atoms with Gasteiger partial charge in [-0.1, -0.05) is 6.07 Å². The predicted molar refractivity (Wildman–Crippen MR) is 112 cm³/mol. The molecule has 30 heavy (non-hydrogen) atoms. The first-order valence-corrected chi connectivity index (χ1v) is 10.7. The number of rotatable bonds is 5. The number of hydrogen-bond donors (Lipinski definition) is 1. The Labute approximate surface area is 179 Å². The van der Waals surface area contributed by atoms with Crippen LogP contribution in [0.3, 0.4) is 0 Å². The van der Waals surface area contributed by atoms with Crippen molar-refractivity contribution in [3.8, 4) is 5.75 Å². The van der Waals surface area contributed by atoms with Gasteiger partial charge in [0.1, 0.15) is 11.3 Å². The lowest BCUT2D eigenvalue weighted by molar-refractivity contribution is -0.153. The molecule has 0 saturated carbocycles. The van der Waals surface area contributed by atoms with Crippen LogP contribution in [0.5, 0.6) is 5.75 Å². The topological polar surface area (TPSA) is 84.9 Å². The van der Waals surface area contributed by atoms with E-state index in [4.69, 9.17) is 9.47 Å². The van der Waals surface area contributed by atoms with Crippen molar-refractivity contribution in [3.63, 3.8) is 0 Å². The van der Waals surface area contributed by atoms with Gasteiger partial charge in [-0.15, -0.1) is 11.3 Å². The molecule has 0 unspecified atom stereocenters.